The predicted molar refractivity (Wildman–Crippen MR) is 83.9 cm³/mol. The van der Waals surface area contributed by atoms with E-state index in [4.69, 9.17) is 0 Å². The number of aliphatic hydroxyl groups is 1. The van der Waals surface area contributed by atoms with E-state index >= 15 is 0 Å². The molecule has 1 aliphatic carbocycles. The molecule has 4 nitrogen and oxygen atoms in total. The number of aliphatic hydroxyl groups excluding tert-OH is 1. The Morgan fingerprint density at radius 1 is 1.14 bits per heavy atom. The van der Waals surface area contributed by atoms with Crippen LogP contribution in [-0.4, -0.2) is 26.2 Å². The smallest absolute Gasteiger partial charge is 0.241 e. The van der Waals surface area contributed by atoms with Crippen LogP contribution in [0, 0.1) is 33.6 Å². The molecule has 0 aliphatic heterocycles. The zero-order valence-corrected chi connectivity index (χ0v) is 14.0. The molecule has 118 valence electrons. The van der Waals surface area contributed by atoms with Gasteiger partial charge in [-0.05, 0) is 68.7 Å². The Kier molecular flexibility index (Phi) is 4.76. The lowest BCUT2D eigenvalue weighted by molar-refractivity contribution is 0.213. The Bertz CT molecular complexity index is 611. The summed E-state index contributed by atoms with van der Waals surface area (Å²) < 4.78 is 28.4. The number of benzene rings is 1. The highest BCUT2D eigenvalue weighted by molar-refractivity contribution is 7.89. The average Bonchev–Trinajstić information content (AvgIpc) is 2.82. The first-order valence-electron chi connectivity index (χ1n) is 7.48. The SMILES string of the molecule is Cc1cc(C)c(C)c(S(=O)(=O)NC2CCCC2CO)c1C. The van der Waals surface area contributed by atoms with Gasteiger partial charge in [-0.2, -0.15) is 0 Å². The lowest BCUT2D eigenvalue weighted by atomic mass is 10.0. The molecule has 2 unspecified atom stereocenters. The van der Waals surface area contributed by atoms with Crippen LogP contribution in [0.2, 0.25) is 0 Å². The summed E-state index contributed by atoms with van der Waals surface area (Å²) in [6, 6.07) is 1.87. The fourth-order valence-electron chi connectivity index (χ4n) is 3.25. The number of sulfonamides is 1. The first-order chi connectivity index (χ1) is 9.77. The molecule has 1 aromatic carbocycles. The maximum absolute atomic E-state index is 12.8. The second kappa shape index (κ2) is 6.07. The molecule has 2 atom stereocenters. The van der Waals surface area contributed by atoms with E-state index in [1.54, 1.807) is 0 Å². The van der Waals surface area contributed by atoms with Crippen molar-refractivity contribution in [2.45, 2.75) is 57.9 Å². The molecule has 0 spiro atoms. The number of nitrogens with one attached hydrogen (secondary N) is 1. The summed E-state index contributed by atoms with van der Waals surface area (Å²) in [6.45, 7) is 7.63. The van der Waals surface area contributed by atoms with Crippen molar-refractivity contribution in [3.63, 3.8) is 0 Å². The van der Waals surface area contributed by atoms with Crippen LogP contribution in [0.4, 0.5) is 0 Å². The summed E-state index contributed by atoms with van der Waals surface area (Å²) in [5.41, 5.74) is 3.60. The van der Waals surface area contributed by atoms with E-state index in [0.717, 1.165) is 41.5 Å². The average molecular weight is 311 g/mol. The van der Waals surface area contributed by atoms with Crippen molar-refractivity contribution in [3.8, 4) is 0 Å². The topological polar surface area (TPSA) is 66.4 Å². The fourth-order valence-corrected chi connectivity index (χ4v) is 5.21. The van der Waals surface area contributed by atoms with Crippen molar-refractivity contribution >= 4 is 10.0 Å². The van der Waals surface area contributed by atoms with Gasteiger partial charge in [0.25, 0.3) is 0 Å². The monoisotopic (exact) mass is 311 g/mol. The minimum atomic E-state index is -3.55. The highest BCUT2D eigenvalue weighted by Crippen LogP contribution is 2.30. The lowest BCUT2D eigenvalue weighted by Crippen LogP contribution is -2.39. The Morgan fingerprint density at radius 2 is 1.71 bits per heavy atom. The van der Waals surface area contributed by atoms with Gasteiger partial charge in [0.1, 0.15) is 0 Å². The molecule has 2 N–H and O–H groups in total. The van der Waals surface area contributed by atoms with Crippen LogP contribution in [0.5, 0.6) is 0 Å². The number of hydrogen-bond acceptors (Lipinski definition) is 3. The first-order valence-corrected chi connectivity index (χ1v) is 8.97. The molecule has 2 rings (SSSR count). The van der Waals surface area contributed by atoms with Crippen molar-refractivity contribution in [1.82, 2.24) is 4.72 Å². The summed E-state index contributed by atoms with van der Waals surface area (Å²) in [6.07, 6.45) is 2.64. The second-order valence-corrected chi connectivity index (χ2v) is 7.84. The van der Waals surface area contributed by atoms with Crippen molar-refractivity contribution in [3.05, 3.63) is 28.3 Å². The van der Waals surface area contributed by atoms with Crippen LogP contribution < -0.4 is 4.72 Å². The molecule has 1 saturated carbocycles. The Hall–Kier alpha value is -0.910. The summed E-state index contributed by atoms with van der Waals surface area (Å²) >= 11 is 0. The van der Waals surface area contributed by atoms with Crippen molar-refractivity contribution in [2.24, 2.45) is 5.92 Å². The van der Waals surface area contributed by atoms with E-state index in [1.165, 1.54) is 0 Å². The van der Waals surface area contributed by atoms with Gasteiger partial charge in [-0.15, -0.1) is 0 Å². The quantitative estimate of drug-likeness (QED) is 0.897. The molecule has 1 fully saturated rings. The molecule has 0 saturated heterocycles. The minimum absolute atomic E-state index is 0.0336. The van der Waals surface area contributed by atoms with E-state index in [0.29, 0.717) is 4.90 Å². The highest BCUT2D eigenvalue weighted by Gasteiger charge is 2.32. The minimum Gasteiger partial charge on any atom is -0.396 e. The normalized spacial score (nSPS) is 22.7. The third-order valence-electron chi connectivity index (χ3n) is 4.77. The van der Waals surface area contributed by atoms with Crippen molar-refractivity contribution < 1.29 is 13.5 Å². The molecule has 1 aliphatic rings. The van der Waals surface area contributed by atoms with Gasteiger partial charge in [-0.3, -0.25) is 0 Å². The highest BCUT2D eigenvalue weighted by atomic mass is 32.2. The Morgan fingerprint density at radius 3 is 2.24 bits per heavy atom. The third kappa shape index (κ3) is 3.15. The second-order valence-electron chi connectivity index (χ2n) is 6.19. The zero-order chi connectivity index (χ0) is 15.8. The first kappa shape index (κ1) is 16.5. The molecule has 0 radical (unpaired) electrons. The van der Waals surface area contributed by atoms with E-state index in [1.807, 2.05) is 33.8 Å². The molecule has 0 amide bonds. The summed E-state index contributed by atoms with van der Waals surface area (Å²) in [7, 11) is -3.55. The number of aryl methyl sites for hydroxylation is 2. The van der Waals surface area contributed by atoms with Gasteiger partial charge in [-0.25, -0.2) is 13.1 Å². The van der Waals surface area contributed by atoms with Gasteiger partial charge in [0, 0.05) is 12.6 Å². The van der Waals surface area contributed by atoms with Gasteiger partial charge in [0.2, 0.25) is 10.0 Å². The van der Waals surface area contributed by atoms with Crippen LogP contribution in [0.15, 0.2) is 11.0 Å². The largest absolute Gasteiger partial charge is 0.396 e. The molecule has 0 aromatic heterocycles. The van der Waals surface area contributed by atoms with Gasteiger partial charge in [0.15, 0.2) is 0 Å². The molecule has 21 heavy (non-hydrogen) atoms. The van der Waals surface area contributed by atoms with Crippen LogP contribution in [0.3, 0.4) is 0 Å². The van der Waals surface area contributed by atoms with Gasteiger partial charge in [-0.1, -0.05) is 12.5 Å². The van der Waals surface area contributed by atoms with Crippen LogP contribution in [-0.2, 0) is 10.0 Å². The maximum Gasteiger partial charge on any atom is 0.241 e. The number of hydrogen-bond donors (Lipinski definition) is 2. The Balaban J connectivity index is 2.41. The molecule has 5 heteroatoms. The third-order valence-corrected chi connectivity index (χ3v) is 6.53. The lowest BCUT2D eigenvalue weighted by Gasteiger charge is -2.22. The van der Waals surface area contributed by atoms with Gasteiger partial charge >= 0.3 is 0 Å². The van der Waals surface area contributed by atoms with Crippen molar-refractivity contribution in [2.75, 3.05) is 6.61 Å². The van der Waals surface area contributed by atoms with Gasteiger partial charge in [0.05, 0.1) is 4.90 Å². The summed E-state index contributed by atoms with van der Waals surface area (Å²) in [5, 5.41) is 9.37. The number of rotatable bonds is 4. The molecule has 0 bridgehead atoms. The van der Waals surface area contributed by atoms with Crippen LogP contribution >= 0.6 is 0 Å². The molecular weight excluding hydrogens is 286 g/mol. The molecule has 1 aromatic rings. The standard InChI is InChI=1S/C16H25NO3S/c1-10-8-11(2)13(4)16(12(10)3)21(19,20)17-15-7-5-6-14(15)9-18/h8,14-15,17-18H,5-7,9H2,1-4H3. The molecular formula is C16H25NO3S. The van der Waals surface area contributed by atoms with Crippen LogP contribution in [0.1, 0.15) is 41.5 Å². The van der Waals surface area contributed by atoms with Gasteiger partial charge < -0.3 is 5.11 Å². The Labute approximate surface area is 127 Å². The zero-order valence-electron chi connectivity index (χ0n) is 13.2. The fraction of sp³-hybridized carbons (Fsp3) is 0.625. The van der Waals surface area contributed by atoms with Crippen molar-refractivity contribution in [1.29, 1.82) is 0 Å². The van der Waals surface area contributed by atoms with Crippen LogP contribution in [0.25, 0.3) is 0 Å². The maximum atomic E-state index is 12.8. The van der Waals surface area contributed by atoms with E-state index in [2.05, 4.69) is 4.72 Å². The summed E-state index contributed by atoms with van der Waals surface area (Å²) in [5.74, 6) is 0.0336. The van der Waals surface area contributed by atoms with E-state index in [9.17, 15) is 13.5 Å². The van der Waals surface area contributed by atoms with E-state index < -0.39 is 10.0 Å². The van der Waals surface area contributed by atoms with E-state index in [-0.39, 0.29) is 18.6 Å². The summed E-state index contributed by atoms with van der Waals surface area (Å²) in [4.78, 5) is 0.406. The molecule has 0 heterocycles. The predicted octanol–water partition coefficient (Wildman–Crippen LogP) is 2.36.